The molecule has 0 aliphatic heterocycles. The van der Waals surface area contributed by atoms with Crippen LogP contribution in [0.5, 0.6) is 0 Å². The van der Waals surface area contributed by atoms with Crippen LogP contribution in [-0.2, 0) is 20.5 Å². The molecule has 2 rings (SSSR count). The van der Waals surface area contributed by atoms with Crippen LogP contribution in [0.15, 0.2) is 18.2 Å². The summed E-state index contributed by atoms with van der Waals surface area (Å²) in [5, 5.41) is 0. The van der Waals surface area contributed by atoms with E-state index in [9.17, 15) is 27.2 Å². The highest BCUT2D eigenvalue weighted by atomic mass is 19.4. The Kier molecular flexibility index (Phi) is 4.53. The zero-order valence-electron chi connectivity index (χ0n) is 11.7. The predicted octanol–water partition coefficient (Wildman–Crippen LogP) is 3.47. The van der Waals surface area contributed by atoms with Gasteiger partial charge in [-0.05, 0) is 37.5 Å². The molecule has 0 heterocycles. The first kappa shape index (κ1) is 16.5. The molecule has 1 aromatic rings. The first-order valence-electron chi connectivity index (χ1n) is 6.82. The van der Waals surface area contributed by atoms with E-state index in [4.69, 9.17) is 4.74 Å². The van der Waals surface area contributed by atoms with Crippen LogP contribution in [-0.4, -0.2) is 18.4 Å². The van der Waals surface area contributed by atoms with Gasteiger partial charge in [0.25, 0.3) is 0 Å². The molecule has 0 saturated heterocycles. The lowest BCUT2D eigenvalue weighted by Crippen LogP contribution is -2.24. The first-order chi connectivity index (χ1) is 10.3. The van der Waals surface area contributed by atoms with E-state index in [1.54, 1.807) is 6.92 Å². The van der Waals surface area contributed by atoms with Gasteiger partial charge in [0.2, 0.25) is 0 Å². The molecule has 0 N–H and O–H groups in total. The molecule has 2 atom stereocenters. The Morgan fingerprint density at radius 2 is 2.00 bits per heavy atom. The fraction of sp³-hybridized carbons (Fsp3) is 0.467. The van der Waals surface area contributed by atoms with Gasteiger partial charge in [-0.15, -0.1) is 0 Å². The van der Waals surface area contributed by atoms with Crippen LogP contribution in [0.4, 0.5) is 17.6 Å². The van der Waals surface area contributed by atoms with Crippen molar-refractivity contribution in [3.63, 3.8) is 0 Å². The minimum atomic E-state index is -4.65. The predicted molar refractivity (Wildman–Crippen MR) is 68.5 cm³/mol. The van der Waals surface area contributed by atoms with Crippen LogP contribution in [0.2, 0.25) is 0 Å². The Bertz CT molecular complexity index is 595. The summed E-state index contributed by atoms with van der Waals surface area (Å²) in [5.41, 5.74) is -1.22. The Labute approximate surface area is 124 Å². The van der Waals surface area contributed by atoms with Crippen LogP contribution in [0, 0.1) is 11.7 Å². The molecule has 7 heteroatoms. The van der Waals surface area contributed by atoms with Crippen molar-refractivity contribution in [2.45, 2.75) is 31.9 Å². The molecule has 120 valence electrons. The van der Waals surface area contributed by atoms with Crippen molar-refractivity contribution in [3.05, 3.63) is 35.1 Å². The first-order valence-corrected chi connectivity index (χ1v) is 6.82. The topological polar surface area (TPSA) is 43.4 Å². The number of carbonyl (C=O) groups excluding carboxylic acids is 2. The molecule has 2 unspecified atom stereocenters. The van der Waals surface area contributed by atoms with Gasteiger partial charge in [0.1, 0.15) is 11.7 Å². The quantitative estimate of drug-likeness (QED) is 0.487. The molecular weight excluding hydrogens is 304 g/mol. The van der Waals surface area contributed by atoms with E-state index in [0.29, 0.717) is 6.07 Å². The Balaban J connectivity index is 2.23. The number of rotatable bonds is 3. The van der Waals surface area contributed by atoms with Gasteiger partial charge < -0.3 is 4.74 Å². The van der Waals surface area contributed by atoms with E-state index in [0.717, 1.165) is 12.1 Å². The zero-order chi connectivity index (χ0) is 16.5. The van der Waals surface area contributed by atoms with Crippen molar-refractivity contribution in [1.29, 1.82) is 0 Å². The van der Waals surface area contributed by atoms with Gasteiger partial charge in [-0.2, -0.15) is 13.2 Å². The molecule has 0 aromatic heterocycles. The van der Waals surface area contributed by atoms with Crippen molar-refractivity contribution in [2.24, 2.45) is 5.92 Å². The third kappa shape index (κ3) is 3.13. The summed E-state index contributed by atoms with van der Waals surface area (Å²) in [6, 6.07) is 2.08. The smallest absolute Gasteiger partial charge is 0.416 e. The molecule has 1 aliphatic rings. The normalized spacial score (nSPS) is 22.0. The van der Waals surface area contributed by atoms with Crippen molar-refractivity contribution < 1.29 is 31.9 Å². The molecule has 0 radical (unpaired) electrons. The summed E-state index contributed by atoms with van der Waals surface area (Å²) < 4.78 is 56.2. The van der Waals surface area contributed by atoms with E-state index in [1.165, 1.54) is 0 Å². The van der Waals surface area contributed by atoms with Crippen molar-refractivity contribution in [1.82, 2.24) is 0 Å². The van der Waals surface area contributed by atoms with E-state index >= 15 is 0 Å². The third-order valence-electron chi connectivity index (χ3n) is 3.71. The number of Topliss-reactive ketones (excluding diaryl/α,β-unsaturated/α-hetero) is 1. The van der Waals surface area contributed by atoms with Crippen molar-refractivity contribution in [3.8, 4) is 0 Å². The average molecular weight is 318 g/mol. The third-order valence-corrected chi connectivity index (χ3v) is 3.71. The summed E-state index contributed by atoms with van der Waals surface area (Å²) in [7, 11) is 0. The van der Waals surface area contributed by atoms with E-state index < -0.39 is 41.1 Å². The highest BCUT2D eigenvalue weighted by Gasteiger charge is 2.42. The lowest BCUT2D eigenvalue weighted by atomic mass is 9.93. The maximum absolute atomic E-state index is 13.9. The van der Waals surface area contributed by atoms with E-state index in [-0.39, 0.29) is 25.0 Å². The Morgan fingerprint density at radius 1 is 1.32 bits per heavy atom. The second kappa shape index (κ2) is 6.06. The number of benzene rings is 1. The zero-order valence-corrected chi connectivity index (χ0v) is 11.7. The van der Waals surface area contributed by atoms with Gasteiger partial charge in [-0.3, -0.25) is 9.59 Å². The largest absolute Gasteiger partial charge is 0.465 e. The Morgan fingerprint density at radius 3 is 2.55 bits per heavy atom. The summed E-state index contributed by atoms with van der Waals surface area (Å²) in [4.78, 5) is 23.8. The van der Waals surface area contributed by atoms with Crippen LogP contribution in [0.25, 0.3) is 0 Å². The lowest BCUT2D eigenvalue weighted by molar-refractivity contribution is -0.150. The Hall–Kier alpha value is -1.92. The number of hydrogen-bond donors (Lipinski definition) is 0. The van der Waals surface area contributed by atoms with Gasteiger partial charge >= 0.3 is 12.1 Å². The van der Waals surface area contributed by atoms with Gasteiger partial charge in [0.05, 0.1) is 12.2 Å². The highest BCUT2D eigenvalue weighted by molar-refractivity contribution is 6.04. The standard InChI is InChI=1S/C15H14F4O3/c1-2-22-14(21)11-6-5-10(13(11)20)9-4-3-8(7-12(9)16)15(17,18)19/h3-4,7,10-11H,2,5-6H2,1H3. The summed E-state index contributed by atoms with van der Waals surface area (Å²) in [6.07, 6.45) is -4.22. The van der Waals surface area contributed by atoms with Crippen LogP contribution < -0.4 is 0 Å². The monoisotopic (exact) mass is 318 g/mol. The maximum Gasteiger partial charge on any atom is 0.416 e. The summed E-state index contributed by atoms with van der Waals surface area (Å²) in [5.74, 6) is -4.12. The van der Waals surface area contributed by atoms with Gasteiger partial charge in [0.15, 0.2) is 5.78 Å². The van der Waals surface area contributed by atoms with Crippen molar-refractivity contribution >= 4 is 11.8 Å². The van der Waals surface area contributed by atoms with Crippen LogP contribution in [0.3, 0.4) is 0 Å². The molecule has 3 nitrogen and oxygen atoms in total. The van der Waals surface area contributed by atoms with Crippen LogP contribution in [0.1, 0.15) is 36.8 Å². The number of carbonyl (C=O) groups is 2. The fourth-order valence-electron chi connectivity index (χ4n) is 2.63. The number of halogens is 4. The minimum absolute atomic E-state index is 0.107. The molecule has 1 aliphatic carbocycles. The minimum Gasteiger partial charge on any atom is -0.465 e. The summed E-state index contributed by atoms with van der Waals surface area (Å²) >= 11 is 0. The molecule has 0 bridgehead atoms. The molecule has 0 spiro atoms. The number of esters is 1. The summed E-state index contributed by atoms with van der Waals surface area (Å²) in [6.45, 7) is 1.73. The molecule has 0 amide bonds. The van der Waals surface area contributed by atoms with Gasteiger partial charge in [0, 0.05) is 5.92 Å². The van der Waals surface area contributed by atoms with E-state index in [1.807, 2.05) is 0 Å². The van der Waals surface area contributed by atoms with E-state index in [2.05, 4.69) is 0 Å². The molecular formula is C15H14F4O3. The SMILES string of the molecule is CCOC(=O)C1CCC(c2ccc(C(F)(F)F)cc2F)C1=O. The maximum atomic E-state index is 13.9. The lowest BCUT2D eigenvalue weighted by Gasteiger charge is -2.13. The number of ether oxygens (including phenoxy) is 1. The average Bonchev–Trinajstić information content (AvgIpc) is 2.80. The molecule has 1 aromatic carbocycles. The molecule has 22 heavy (non-hydrogen) atoms. The highest BCUT2D eigenvalue weighted by Crippen LogP contribution is 2.38. The van der Waals surface area contributed by atoms with Gasteiger partial charge in [-0.25, -0.2) is 4.39 Å². The molecule has 1 fully saturated rings. The second-order valence-electron chi connectivity index (χ2n) is 5.07. The number of alkyl halides is 3. The van der Waals surface area contributed by atoms with Crippen LogP contribution >= 0.6 is 0 Å². The van der Waals surface area contributed by atoms with Gasteiger partial charge in [-0.1, -0.05) is 6.07 Å². The number of hydrogen-bond acceptors (Lipinski definition) is 3. The fourth-order valence-corrected chi connectivity index (χ4v) is 2.63. The number of ketones is 1. The second-order valence-corrected chi connectivity index (χ2v) is 5.07. The van der Waals surface area contributed by atoms with Crippen molar-refractivity contribution in [2.75, 3.05) is 6.61 Å². The molecule has 1 saturated carbocycles.